The molecule has 0 spiro atoms. The van der Waals surface area contributed by atoms with E-state index in [1.54, 1.807) is 16.8 Å². The molecule has 0 saturated carbocycles. The SMILES string of the molecule is CCn1cc(Br)cc1C(=O)N(C)C(C)(C)C(=O)O. The highest BCUT2D eigenvalue weighted by Crippen LogP contribution is 2.20. The number of hydrogen-bond donors (Lipinski definition) is 1. The van der Waals surface area contributed by atoms with E-state index in [1.807, 2.05) is 6.92 Å². The van der Waals surface area contributed by atoms with Gasteiger partial charge in [-0.1, -0.05) is 0 Å². The second kappa shape index (κ2) is 5.14. The van der Waals surface area contributed by atoms with E-state index in [9.17, 15) is 9.59 Å². The van der Waals surface area contributed by atoms with Gasteiger partial charge in [-0.3, -0.25) is 4.79 Å². The number of carbonyl (C=O) groups is 2. The number of likely N-dealkylation sites (N-methyl/N-ethyl adjacent to an activating group) is 1. The van der Waals surface area contributed by atoms with Crippen LogP contribution in [0, 0.1) is 0 Å². The van der Waals surface area contributed by atoms with Crippen molar-refractivity contribution in [1.29, 1.82) is 0 Å². The molecular weight excluding hydrogens is 300 g/mol. The van der Waals surface area contributed by atoms with Gasteiger partial charge in [0.15, 0.2) is 0 Å². The van der Waals surface area contributed by atoms with Crippen LogP contribution in [-0.2, 0) is 11.3 Å². The van der Waals surface area contributed by atoms with E-state index in [-0.39, 0.29) is 5.91 Å². The summed E-state index contributed by atoms with van der Waals surface area (Å²) in [6.45, 7) is 5.57. The van der Waals surface area contributed by atoms with Crippen molar-refractivity contribution in [2.45, 2.75) is 32.9 Å². The number of rotatable bonds is 4. The van der Waals surface area contributed by atoms with Crippen molar-refractivity contribution in [3.63, 3.8) is 0 Å². The molecule has 0 bridgehead atoms. The molecule has 0 aliphatic heterocycles. The molecule has 0 radical (unpaired) electrons. The zero-order chi connectivity index (χ0) is 14.1. The molecule has 0 aliphatic rings. The van der Waals surface area contributed by atoms with Gasteiger partial charge in [-0.2, -0.15) is 0 Å². The Kier molecular flexibility index (Phi) is 4.21. The number of amides is 1. The van der Waals surface area contributed by atoms with Gasteiger partial charge >= 0.3 is 5.97 Å². The van der Waals surface area contributed by atoms with Crippen molar-refractivity contribution in [2.24, 2.45) is 0 Å². The predicted molar refractivity (Wildman–Crippen MR) is 71.6 cm³/mol. The summed E-state index contributed by atoms with van der Waals surface area (Å²) >= 11 is 3.31. The van der Waals surface area contributed by atoms with Crippen LogP contribution in [-0.4, -0.2) is 39.0 Å². The van der Waals surface area contributed by atoms with Crippen LogP contribution in [0.4, 0.5) is 0 Å². The van der Waals surface area contributed by atoms with Crippen molar-refractivity contribution in [1.82, 2.24) is 9.47 Å². The zero-order valence-electron chi connectivity index (χ0n) is 10.9. The van der Waals surface area contributed by atoms with E-state index in [0.717, 1.165) is 4.47 Å². The highest BCUT2D eigenvalue weighted by atomic mass is 79.9. The standard InChI is InChI=1S/C12H17BrN2O3/c1-5-15-7-8(13)6-9(15)10(16)14(4)12(2,3)11(17)18/h6-7H,5H2,1-4H3,(H,17,18). The van der Waals surface area contributed by atoms with Crippen molar-refractivity contribution >= 4 is 27.8 Å². The van der Waals surface area contributed by atoms with Crippen molar-refractivity contribution in [2.75, 3.05) is 7.05 Å². The number of carboxylic acid groups (broad SMARTS) is 1. The average molecular weight is 317 g/mol. The van der Waals surface area contributed by atoms with Crippen LogP contribution in [0.5, 0.6) is 0 Å². The van der Waals surface area contributed by atoms with Gasteiger partial charge < -0.3 is 14.6 Å². The van der Waals surface area contributed by atoms with Crippen LogP contribution in [0.25, 0.3) is 0 Å². The van der Waals surface area contributed by atoms with Crippen LogP contribution in [0.1, 0.15) is 31.3 Å². The smallest absolute Gasteiger partial charge is 0.329 e. The molecule has 0 fully saturated rings. The van der Waals surface area contributed by atoms with Crippen LogP contribution in [0.2, 0.25) is 0 Å². The number of carbonyl (C=O) groups excluding carboxylic acids is 1. The number of aromatic nitrogens is 1. The maximum Gasteiger partial charge on any atom is 0.329 e. The summed E-state index contributed by atoms with van der Waals surface area (Å²) in [7, 11) is 1.50. The van der Waals surface area contributed by atoms with Crippen LogP contribution < -0.4 is 0 Å². The Hall–Kier alpha value is -1.30. The molecule has 1 aromatic rings. The third-order valence-corrected chi connectivity index (χ3v) is 3.52. The average Bonchev–Trinajstić information content (AvgIpc) is 2.68. The second-order valence-electron chi connectivity index (χ2n) is 4.56. The summed E-state index contributed by atoms with van der Waals surface area (Å²) in [5, 5.41) is 9.13. The lowest BCUT2D eigenvalue weighted by Crippen LogP contribution is -2.51. The molecule has 0 atom stereocenters. The zero-order valence-corrected chi connectivity index (χ0v) is 12.5. The fraction of sp³-hybridized carbons (Fsp3) is 0.500. The number of aliphatic carboxylic acids is 1. The lowest BCUT2D eigenvalue weighted by atomic mass is 10.0. The number of halogens is 1. The molecule has 5 nitrogen and oxygen atoms in total. The molecular formula is C12H17BrN2O3. The van der Waals surface area contributed by atoms with Gasteiger partial charge in [-0.15, -0.1) is 0 Å². The van der Waals surface area contributed by atoms with Crippen molar-refractivity contribution < 1.29 is 14.7 Å². The minimum Gasteiger partial charge on any atom is -0.480 e. The van der Waals surface area contributed by atoms with E-state index >= 15 is 0 Å². The minimum absolute atomic E-state index is 0.310. The molecule has 0 aromatic carbocycles. The lowest BCUT2D eigenvalue weighted by molar-refractivity contribution is -0.147. The summed E-state index contributed by atoms with van der Waals surface area (Å²) in [6, 6.07) is 1.69. The molecule has 6 heteroatoms. The maximum atomic E-state index is 12.3. The van der Waals surface area contributed by atoms with Gasteiger partial charge in [0.2, 0.25) is 0 Å². The van der Waals surface area contributed by atoms with Crippen LogP contribution in [0.3, 0.4) is 0 Å². The van der Waals surface area contributed by atoms with E-state index in [4.69, 9.17) is 5.11 Å². The Morgan fingerprint density at radius 3 is 2.50 bits per heavy atom. The molecule has 100 valence electrons. The quantitative estimate of drug-likeness (QED) is 0.926. The normalized spacial score (nSPS) is 11.4. The Morgan fingerprint density at radius 1 is 1.50 bits per heavy atom. The maximum absolute atomic E-state index is 12.3. The van der Waals surface area contributed by atoms with Gasteiger partial charge in [0.1, 0.15) is 11.2 Å². The fourth-order valence-corrected chi connectivity index (χ4v) is 1.95. The number of nitrogens with zero attached hydrogens (tertiary/aromatic N) is 2. The van der Waals surface area contributed by atoms with E-state index in [2.05, 4.69) is 15.9 Å². The van der Waals surface area contributed by atoms with Crippen molar-refractivity contribution in [3.05, 3.63) is 22.4 Å². The summed E-state index contributed by atoms with van der Waals surface area (Å²) in [5.74, 6) is -1.35. The number of carboxylic acids is 1. The molecule has 1 N–H and O–H groups in total. The first-order chi connectivity index (χ1) is 8.21. The van der Waals surface area contributed by atoms with Gasteiger partial charge in [0, 0.05) is 24.3 Å². The van der Waals surface area contributed by atoms with Crippen molar-refractivity contribution in [3.8, 4) is 0 Å². The molecule has 18 heavy (non-hydrogen) atoms. The third kappa shape index (κ3) is 2.58. The molecule has 0 saturated heterocycles. The van der Waals surface area contributed by atoms with E-state index in [1.165, 1.54) is 25.8 Å². The van der Waals surface area contributed by atoms with Gasteiger partial charge in [0.05, 0.1) is 0 Å². The fourth-order valence-electron chi connectivity index (χ4n) is 1.48. The van der Waals surface area contributed by atoms with Gasteiger partial charge in [-0.05, 0) is 42.8 Å². The summed E-state index contributed by atoms with van der Waals surface area (Å²) in [5.41, 5.74) is -0.770. The monoisotopic (exact) mass is 316 g/mol. The molecule has 1 aromatic heterocycles. The van der Waals surface area contributed by atoms with Crippen LogP contribution >= 0.6 is 15.9 Å². The molecule has 1 rings (SSSR count). The Balaban J connectivity index is 3.11. The first-order valence-corrected chi connectivity index (χ1v) is 6.38. The number of aryl methyl sites for hydroxylation is 1. The lowest BCUT2D eigenvalue weighted by Gasteiger charge is -2.31. The van der Waals surface area contributed by atoms with E-state index in [0.29, 0.717) is 12.2 Å². The first-order valence-electron chi connectivity index (χ1n) is 5.59. The van der Waals surface area contributed by atoms with Gasteiger partial charge in [-0.25, -0.2) is 4.79 Å². The van der Waals surface area contributed by atoms with E-state index < -0.39 is 11.5 Å². The Morgan fingerprint density at radius 2 is 2.06 bits per heavy atom. The second-order valence-corrected chi connectivity index (χ2v) is 5.47. The number of hydrogen-bond acceptors (Lipinski definition) is 2. The highest BCUT2D eigenvalue weighted by Gasteiger charge is 2.36. The Bertz CT molecular complexity index is 480. The molecule has 0 unspecified atom stereocenters. The highest BCUT2D eigenvalue weighted by molar-refractivity contribution is 9.10. The largest absolute Gasteiger partial charge is 0.480 e. The first kappa shape index (κ1) is 14.8. The Labute approximate surface area is 115 Å². The summed E-state index contributed by atoms with van der Waals surface area (Å²) < 4.78 is 2.58. The topological polar surface area (TPSA) is 62.5 Å². The minimum atomic E-state index is -1.24. The van der Waals surface area contributed by atoms with Gasteiger partial charge in [0.25, 0.3) is 5.91 Å². The summed E-state index contributed by atoms with van der Waals surface area (Å²) in [6.07, 6.45) is 1.80. The summed E-state index contributed by atoms with van der Waals surface area (Å²) in [4.78, 5) is 24.7. The van der Waals surface area contributed by atoms with Crippen LogP contribution in [0.15, 0.2) is 16.7 Å². The molecule has 1 heterocycles. The predicted octanol–water partition coefficient (Wildman–Crippen LogP) is 2.21. The molecule has 1 amide bonds. The molecule has 0 aliphatic carbocycles. The third-order valence-electron chi connectivity index (χ3n) is 3.09.